The van der Waals surface area contributed by atoms with Crippen LogP contribution in [-0.4, -0.2) is 17.6 Å². The zero-order valence-corrected chi connectivity index (χ0v) is 14.3. The van der Waals surface area contributed by atoms with Gasteiger partial charge in [0, 0.05) is 12.7 Å². The number of hydrogen-bond acceptors (Lipinski definition) is 3. The number of rotatable bonds is 5. The Labute approximate surface area is 133 Å². The van der Waals surface area contributed by atoms with E-state index in [0.717, 1.165) is 31.5 Å². The first-order valence-corrected chi connectivity index (χ1v) is 8.29. The van der Waals surface area contributed by atoms with Crippen molar-refractivity contribution < 1.29 is 4.74 Å². The number of nitrogens with one attached hydrogen (secondary N) is 1. The number of hydrogen-bond donors (Lipinski definition) is 1. The number of nitrogens with zero attached hydrogens (tertiary/aromatic N) is 1. The van der Waals surface area contributed by atoms with Crippen LogP contribution in [0.25, 0.3) is 0 Å². The molecule has 2 rings (SSSR count). The molecule has 0 saturated heterocycles. The van der Waals surface area contributed by atoms with Crippen LogP contribution in [0.5, 0.6) is 5.88 Å². The lowest BCUT2D eigenvalue weighted by Gasteiger charge is -2.38. The van der Waals surface area contributed by atoms with Crippen LogP contribution in [0.4, 0.5) is 0 Å². The summed E-state index contributed by atoms with van der Waals surface area (Å²) in [6, 6.07) is 1.95. The predicted octanol–water partition coefficient (Wildman–Crippen LogP) is 4.44. The van der Waals surface area contributed by atoms with Crippen molar-refractivity contribution in [3.63, 3.8) is 0 Å². The van der Waals surface area contributed by atoms with Gasteiger partial charge in [0.25, 0.3) is 0 Å². The van der Waals surface area contributed by atoms with Crippen LogP contribution in [-0.2, 0) is 6.54 Å². The minimum absolute atomic E-state index is 0.216. The Balaban J connectivity index is 2.02. The molecule has 0 bridgehead atoms. The predicted molar refractivity (Wildman–Crippen MR) is 87.8 cm³/mol. The molecule has 3 nitrogen and oxygen atoms in total. The lowest BCUT2D eigenvalue weighted by molar-refractivity contribution is 0.0533. The topological polar surface area (TPSA) is 34.2 Å². The van der Waals surface area contributed by atoms with E-state index in [1.54, 1.807) is 0 Å². The third kappa shape index (κ3) is 4.86. The Hall–Kier alpha value is -0.800. The smallest absolute Gasteiger partial charge is 0.232 e. The lowest BCUT2D eigenvalue weighted by Crippen LogP contribution is -2.34. The van der Waals surface area contributed by atoms with E-state index in [9.17, 15) is 0 Å². The van der Waals surface area contributed by atoms with E-state index in [4.69, 9.17) is 16.3 Å². The largest absolute Gasteiger partial charge is 0.473 e. The normalized spacial score (nSPS) is 24.8. The third-order valence-corrected chi connectivity index (χ3v) is 4.34. The Bertz CT molecular complexity index is 476. The summed E-state index contributed by atoms with van der Waals surface area (Å²) in [5, 5.41) is 3.88. The minimum Gasteiger partial charge on any atom is -0.473 e. The highest BCUT2D eigenvalue weighted by Crippen LogP contribution is 2.40. The Morgan fingerprint density at radius 3 is 2.81 bits per heavy atom. The van der Waals surface area contributed by atoms with Gasteiger partial charge < -0.3 is 10.1 Å². The van der Waals surface area contributed by atoms with Crippen molar-refractivity contribution in [2.24, 2.45) is 11.3 Å². The Kier molecular flexibility index (Phi) is 5.50. The summed E-state index contributed by atoms with van der Waals surface area (Å²) in [5.41, 5.74) is 1.42. The standard InChI is InChI=1S/C17H27ClN2O/c1-5-19-10-13-7-15(18)16(20-11-13)21-14-6-12(2)8-17(3,4)9-14/h7,11-12,14,19H,5-6,8-10H2,1-4H3. The molecule has 0 radical (unpaired) electrons. The van der Waals surface area contributed by atoms with Crippen LogP contribution in [0, 0.1) is 11.3 Å². The second-order valence-electron chi connectivity index (χ2n) is 7.06. The zero-order valence-electron chi connectivity index (χ0n) is 13.6. The SMILES string of the molecule is CCNCc1cnc(OC2CC(C)CC(C)(C)C2)c(Cl)c1. The second-order valence-corrected chi connectivity index (χ2v) is 7.47. The average molecular weight is 311 g/mol. The van der Waals surface area contributed by atoms with Crippen molar-refractivity contribution >= 4 is 11.6 Å². The van der Waals surface area contributed by atoms with E-state index in [2.05, 4.69) is 38.0 Å². The van der Waals surface area contributed by atoms with E-state index in [1.807, 2.05) is 12.3 Å². The van der Waals surface area contributed by atoms with Crippen LogP contribution in [0.1, 0.15) is 52.5 Å². The molecular weight excluding hydrogens is 284 g/mol. The molecule has 0 aromatic carbocycles. The van der Waals surface area contributed by atoms with Crippen molar-refractivity contribution in [3.8, 4) is 5.88 Å². The monoisotopic (exact) mass is 310 g/mol. The average Bonchev–Trinajstić information content (AvgIpc) is 2.37. The summed E-state index contributed by atoms with van der Waals surface area (Å²) in [5.74, 6) is 1.26. The lowest BCUT2D eigenvalue weighted by atomic mass is 9.71. The van der Waals surface area contributed by atoms with Crippen LogP contribution >= 0.6 is 11.6 Å². The van der Waals surface area contributed by atoms with Crippen LogP contribution in [0.15, 0.2) is 12.3 Å². The fourth-order valence-corrected chi connectivity index (χ4v) is 3.66. The van der Waals surface area contributed by atoms with Crippen molar-refractivity contribution in [1.29, 1.82) is 0 Å². The highest BCUT2D eigenvalue weighted by atomic mass is 35.5. The summed E-state index contributed by atoms with van der Waals surface area (Å²) in [6.45, 7) is 10.7. The molecule has 1 heterocycles. The van der Waals surface area contributed by atoms with Gasteiger partial charge in [-0.25, -0.2) is 4.98 Å². The van der Waals surface area contributed by atoms with Crippen LogP contribution in [0.3, 0.4) is 0 Å². The molecule has 118 valence electrons. The van der Waals surface area contributed by atoms with Gasteiger partial charge in [0.15, 0.2) is 0 Å². The van der Waals surface area contributed by atoms with Crippen molar-refractivity contribution in [3.05, 3.63) is 22.8 Å². The minimum atomic E-state index is 0.216. The molecule has 0 aliphatic heterocycles. The molecule has 0 amide bonds. The fourth-order valence-electron chi connectivity index (χ4n) is 3.42. The molecule has 1 aromatic rings. The molecular formula is C17H27ClN2O. The molecule has 4 heteroatoms. The van der Waals surface area contributed by atoms with Crippen molar-refractivity contribution in [2.75, 3.05) is 6.54 Å². The maximum atomic E-state index is 6.32. The third-order valence-electron chi connectivity index (χ3n) is 4.07. The highest BCUT2D eigenvalue weighted by Gasteiger charge is 2.33. The molecule has 1 aromatic heterocycles. The number of halogens is 1. The molecule has 1 N–H and O–H groups in total. The summed E-state index contributed by atoms with van der Waals surface area (Å²) in [4.78, 5) is 4.40. The molecule has 1 aliphatic carbocycles. The van der Waals surface area contributed by atoms with Gasteiger partial charge in [0.1, 0.15) is 11.1 Å². The zero-order chi connectivity index (χ0) is 15.5. The number of pyridine rings is 1. The summed E-state index contributed by atoms with van der Waals surface area (Å²) < 4.78 is 6.09. The first kappa shape index (κ1) is 16.6. The fraction of sp³-hybridized carbons (Fsp3) is 0.706. The van der Waals surface area contributed by atoms with Gasteiger partial charge in [-0.2, -0.15) is 0 Å². The van der Waals surface area contributed by atoms with E-state index >= 15 is 0 Å². The van der Waals surface area contributed by atoms with Gasteiger partial charge in [-0.15, -0.1) is 0 Å². The molecule has 1 fully saturated rings. The molecule has 2 atom stereocenters. The first-order chi connectivity index (χ1) is 9.89. The molecule has 0 spiro atoms. The Morgan fingerprint density at radius 1 is 1.43 bits per heavy atom. The quantitative estimate of drug-likeness (QED) is 0.873. The molecule has 2 unspecified atom stereocenters. The van der Waals surface area contributed by atoms with Gasteiger partial charge in [-0.1, -0.05) is 39.3 Å². The van der Waals surface area contributed by atoms with Crippen molar-refractivity contribution in [1.82, 2.24) is 10.3 Å². The molecule has 21 heavy (non-hydrogen) atoms. The maximum absolute atomic E-state index is 6.32. The maximum Gasteiger partial charge on any atom is 0.232 e. The van der Waals surface area contributed by atoms with Crippen LogP contribution in [0.2, 0.25) is 5.02 Å². The van der Waals surface area contributed by atoms with Gasteiger partial charge in [-0.05, 0) is 48.8 Å². The summed E-state index contributed by atoms with van der Waals surface area (Å²) >= 11 is 6.32. The highest BCUT2D eigenvalue weighted by molar-refractivity contribution is 6.31. The van der Waals surface area contributed by atoms with Gasteiger partial charge in [0.05, 0.1) is 0 Å². The first-order valence-electron chi connectivity index (χ1n) is 7.91. The molecule has 1 saturated carbocycles. The van der Waals surface area contributed by atoms with E-state index < -0.39 is 0 Å². The van der Waals surface area contributed by atoms with E-state index in [-0.39, 0.29) is 6.10 Å². The summed E-state index contributed by atoms with van der Waals surface area (Å²) in [6.07, 6.45) is 5.47. The van der Waals surface area contributed by atoms with Gasteiger partial charge >= 0.3 is 0 Å². The van der Waals surface area contributed by atoms with Crippen LogP contribution < -0.4 is 10.1 Å². The number of aromatic nitrogens is 1. The van der Waals surface area contributed by atoms with E-state index in [0.29, 0.717) is 22.2 Å². The Morgan fingerprint density at radius 2 is 2.19 bits per heavy atom. The van der Waals surface area contributed by atoms with Crippen molar-refractivity contribution in [2.45, 2.75) is 59.6 Å². The van der Waals surface area contributed by atoms with Gasteiger partial charge in [-0.3, -0.25) is 0 Å². The summed E-state index contributed by atoms with van der Waals surface area (Å²) in [7, 11) is 0. The van der Waals surface area contributed by atoms with Gasteiger partial charge in [0.2, 0.25) is 5.88 Å². The van der Waals surface area contributed by atoms with E-state index in [1.165, 1.54) is 6.42 Å². The molecule has 1 aliphatic rings. The number of ether oxygens (including phenoxy) is 1. The second kappa shape index (κ2) is 6.97.